The fourth-order valence-corrected chi connectivity index (χ4v) is 3.33. The second-order valence-electron chi connectivity index (χ2n) is 6.21. The Bertz CT molecular complexity index is 618. The first-order valence-electron chi connectivity index (χ1n) is 8.00. The fourth-order valence-electron chi connectivity index (χ4n) is 3.33. The summed E-state index contributed by atoms with van der Waals surface area (Å²) >= 11 is 0. The number of nitrogens with zero attached hydrogens (tertiary/aromatic N) is 2. The normalized spacial score (nSPS) is 15.5. The summed E-state index contributed by atoms with van der Waals surface area (Å²) in [4.78, 5) is 0. The lowest BCUT2D eigenvalue weighted by Crippen LogP contribution is -2.01. The first-order valence-corrected chi connectivity index (χ1v) is 8.00. The molecule has 0 spiro atoms. The quantitative estimate of drug-likeness (QED) is 0.721. The molecule has 0 aliphatic heterocycles. The van der Waals surface area contributed by atoms with Gasteiger partial charge in [-0.15, -0.1) is 6.58 Å². The van der Waals surface area contributed by atoms with Crippen molar-refractivity contribution in [1.29, 1.82) is 0 Å². The zero-order valence-corrected chi connectivity index (χ0v) is 12.9. The molecule has 2 aromatic rings. The van der Waals surface area contributed by atoms with E-state index >= 15 is 0 Å². The van der Waals surface area contributed by atoms with Crippen LogP contribution >= 0.6 is 0 Å². The Morgan fingerprint density at radius 3 is 2.86 bits per heavy atom. The van der Waals surface area contributed by atoms with Gasteiger partial charge < -0.3 is 0 Å². The van der Waals surface area contributed by atoms with Crippen LogP contribution in [0.15, 0.2) is 43.1 Å². The lowest BCUT2D eigenvalue weighted by Gasteiger charge is -2.12. The summed E-state index contributed by atoms with van der Waals surface area (Å²) in [5, 5.41) is 4.62. The van der Waals surface area contributed by atoms with E-state index in [1.807, 2.05) is 17.0 Å². The second-order valence-corrected chi connectivity index (χ2v) is 6.21. The highest BCUT2D eigenvalue weighted by Gasteiger charge is 2.16. The molecule has 1 heterocycles. The third-order valence-electron chi connectivity index (χ3n) is 4.59. The van der Waals surface area contributed by atoms with Crippen LogP contribution in [0.3, 0.4) is 0 Å². The van der Waals surface area contributed by atoms with E-state index in [4.69, 9.17) is 0 Å². The first-order chi connectivity index (χ1) is 10.3. The van der Waals surface area contributed by atoms with Crippen LogP contribution in [0.4, 0.5) is 0 Å². The monoisotopic (exact) mass is 280 g/mol. The van der Waals surface area contributed by atoms with E-state index in [2.05, 4.69) is 42.9 Å². The number of rotatable bonds is 5. The Morgan fingerprint density at radius 2 is 2.10 bits per heavy atom. The molecule has 0 N–H and O–H groups in total. The minimum absolute atomic E-state index is 0.765. The van der Waals surface area contributed by atoms with Gasteiger partial charge in [0.05, 0.1) is 12.2 Å². The van der Waals surface area contributed by atoms with Crippen LogP contribution in [-0.4, -0.2) is 9.78 Å². The van der Waals surface area contributed by atoms with Gasteiger partial charge in [-0.3, -0.25) is 4.68 Å². The molecule has 0 atom stereocenters. The van der Waals surface area contributed by atoms with Crippen molar-refractivity contribution in [2.45, 2.75) is 45.6 Å². The molecule has 0 bridgehead atoms. The Balaban J connectivity index is 1.83. The van der Waals surface area contributed by atoms with Gasteiger partial charge in [-0.2, -0.15) is 5.10 Å². The minimum Gasteiger partial charge on any atom is -0.268 e. The predicted octanol–water partition coefficient (Wildman–Crippen LogP) is 4.78. The van der Waals surface area contributed by atoms with Crippen molar-refractivity contribution in [3.8, 4) is 11.3 Å². The molecule has 0 radical (unpaired) electrons. The number of hydrogen-bond donors (Lipinski definition) is 0. The van der Waals surface area contributed by atoms with E-state index in [-0.39, 0.29) is 0 Å². The van der Waals surface area contributed by atoms with E-state index in [0.717, 1.165) is 18.2 Å². The highest BCUT2D eigenvalue weighted by Crippen LogP contribution is 2.30. The standard InChI is InChI=1S/C19H24N2/c1-3-11-21-12-10-19(20-21)17-9-8-15(2)18(14-17)13-16-6-4-5-7-16/h3,8-10,12,14,16H,1,4-7,11,13H2,2H3. The average Bonchev–Trinajstić information content (AvgIpc) is 3.13. The van der Waals surface area contributed by atoms with Crippen molar-refractivity contribution in [2.24, 2.45) is 5.92 Å². The Labute approximate surface area is 127 Å². The molecule has 2 nitrogen and oxygen atoms in total. The second kappa shape index (κ2) is 6.30. The van der Waals surface area contributed by atoms with Crippen LogP contribution in [0.25, 0.3) is 11.3 Å². The molecule has 1 saturated carbocycles. The summed E-state index contributed by atoms with van der Waals surface area (Å²) in [5.41, 5.74) is 5.20. The third kappa shape index (κ3) is 3.26. The lowest BCUT2D eigenvalue weighted by molar-refractivity contribution is 0.545. The van der Waals surface area contributed by atoms with E-state index in [1.54, 1.807) is 0 Å². The maximum Gasteiger partial charge on any atom is 0.0923 e. The molecule has 1 aromatic carbocycles. The SMILES string of the molecule is C=CCn1ccc(-c2ccc(C)c(CC3CCCC3)c2)n1. The Kier molecular flexibility index (Phi) is 4.23. The summed E-state index contributed by atoms with van der Waals surface area (Å²) in [6.07, 6.45) is 10.7. The maximum atomic E-state index is 4.62. The van der Waals surface area contributed by atoms with Crippen molar-refractivity contribution in [2.75, 3.05) is 0 Å². The molecule has 1 aliphatic carbocycles. The zero-order valence-electron chi connectivity index (χ0n) is 12.9. The first kappa shape index (κ1) is 14.1. The molecule has 1 aliphatic rings. The fraction of sp³-hybridized carbons (Fsp3) is 0.421. The molecule has 1 aromatic heterocycles. The van der Waals surface area contributed by atoms with Crippen molar-refractivity contribution in [3.05, 3.63) is 54.2 Å². The Hall–Kier alpha value is -1.83. The molecule has 0 unspecified atom stereocenters. The lowest BCUT2D eigenvalue weighted by atomic mass is 9.93. The molecule has 0 saturated heterocycles. The molecule has 2 heteroatoms. The molecule has 21 heavy (non-hydrogen) atoms. The van der Waals surface area contributed by atoms with Crippen LogP contribution < -0.4 is 0 Å². The summed E-state index contributed by atoms with van der Waals surface area (Å²) in [6, 6.07) is 8.86. The van der Waals surface area contributed by atoms with Gasteiger partial charge in [0, 0.05) is 11.8 Å². The van der Waals surface area contributed by atoms with Gasteiger partial charge in [0.1, 0.15) is 0 Å². The highest BCUT2D eigenvalue weighted by atomic mass is 15.3. The minimum atomic E-state index is 0.765. The highest BCUT2D eigenvalue weighted by molar-refractivity contribution is 5.60. The molecule has 1 fully saturated rings. The molecular formula is C19H24N2. The largest absolute Gasteiger partial charge is 0.268 e. The molecular weight excluding hydrogens is 256 g/mol. The van der Waals surface area contributed by atoms with E-state index < -0.39 is 0 Å². The van der Waals surface area contributed by atoms with Gasteiger partial charge in [0.2, 0.25) is 0 Å². The smallest absolute Gasteiger partial charge is 0.0923 e. The van der Waals surface area contributed by atoms with Crippen LogP contribution in [0.2, 0.25) is 0 Å². The number of benzene rings is 1. The number of aryl methyl sites for hydroxylation is 1. The summed E-state index contributed by atoms with van der Waals surface area (Å²) in [7, 11) is 0. The van der Waals surface area contributed by atoms with E-state index in [9.17, 15) is 0 Å². The van der Waals surface area contributed by atoms with E-state index in [1.165, 1.54) is 48.8 Å². The van der Waals surface area contributed by atoms with Gasteiger partial charge in [-0.1, -0.05) is 43.9 Å². The van der Waals surface area contributed by atoms with Gasteiger partial charge in [-0.25, -0.2) is 0 Å². The Morgan fingerprint density at radius 1 is 1.29 bits per heavy atom. The van der Waals surface area contributed by atoms with E-state index in [0.29, 0.717) is 0 Å². The molecule has 3 rings (SSSR count). The molecule has 110 valence electrons. The average molecular weight is 280 g/mol. The predicted molar refractivity (Wildman–Crippen MR) is 88.3 cm³/mol. The van der Waals surface area contributed by atoms with Gasteiger partial charge >= 0.3 is 0 Å². The molecule has 0 amide bonds. The van der Waals surface area contributed by atoms with Crippen LogP contribution in [0, 0.1) is 12.8 Å². The number of hydrogen-bond acceptors (Lipinski definition) is 1. The van der Waals surface area contributed by atoms with Crippen LogP contribution in [-0.2, 0) is 13.0 Å². The summed E-state index contributed by atoms with van der Waals surface area (Å²) < 4.78 is 1.93. The van der Waals surface area contributed by atoms with Gasteiger partial charge in [-0.05, 0) is 42.5 Å². The van der Waals surface area contributed by atoms with Crippen molar-refractivity contribution >= 4 is 0 Å². The van der Waals surface area contributed by atoms with Crippen molar-refractivity contribution < 1.29 is 0 Å². The van der Waals surface area contributed by atoms with Crippen LogP contribution in [0.5, 0.6) is 0 Å². The number of allylic oxidation sites excluding steroid dienone is 1. The third-order valence-corrected chi connectivity index (χ3v) is 4.59. The summed E-state index contributed by atoms with van der Waals surface area (Å²) in [6.45, 7) is 6.75. The van der Waals surface area contributed by atoms with Crippen molar-refractivity contribution in [1.82, 2.24) is 9.78 Å². The number of aromatic nitrogens is 2. The topological polar surface area (TPSA) is 17.8 Å². The summed E-state index contributed by atoms with van der Waals surface area (Å²) in [5.74, 6) is 0.886. The van der Waals surface area contributed by atoms with Crippen molar-refractivity contribution in [3.63, 3.8) is 0 Å². The van der Waals surface area contributed by atoms with Crippen LogP contribution in [0.1, 0.15) is 36.8 Å². The van der Waals surface area contributed by atoms with Gasteiger partial charge in [0.25, 0.3) is 0 Å². The zero-order chi connectivity index (χ0) is 14.7. The maximum absolute atomic E-state index is 4.62. The van der Waals surface area contributed by atoms with Gasteiger partial charge in [0.15, 0.2) is 0 Å².